The molecule has 6 N–H and O–H groups in total. The van der Waals surface area contributed by atoms with Crippen LogP contribution in [0.3, 0.4) is 0 Å². The molecule has 23 nitrogen and oxygen atoms in total. The number of esters is 5. The quantitative estimate of drug-likeness (QED) is 0.0158. The van der Waals surface area contributed by atoms with Gasteiger partial charge in [0.1, 0.15) is 70.4 Å². The van der Waals surface area contributed by atoms with Crippen LogP contribution in [-0.2, 0) is 71.5 Å². The number of carbonyl (C=O) groups excluding carboxylic acids is 6. The Morgan fingerprint density at radius 1 is 0.729 bits per heavy atom. The van der Waals surface area contributed by atoms with E-state index in [1.54, 1.807) is 89.4 Å². The second-order valence-electron chi connectivity index (χ2n) is 24.0. The van der Waals surface area contributed by atoms with Gasteiger partial charge >= 0.3 is 35.8 Å². The predicted molar refractivity (Wildman–Crippen MR) is 322 cm³/mol. The van der Waals surface area contributed by atoms with Crippen molar-refractivity contribution in [2.24, 2.45) is 21.7 Å². The van der Waals surface area contributed by atoms with Gasteiger partial charge in [0.15, 0.2) is 6.29 Å². The summed E-state index contributed by atoms with van der Waals surface area (Å²) in [6, 6.07) is 4.33. The van der Waals surface area contributed by atoms with Crippen molar-refractivity contribution in [3.63, 3.8) is 0 Å². The highest BCUT2D eigenvalue weighted by Gasteiger charge is 2.54. The summed E-state index contributed by atoms with van der Waals surface area (Å²) in [5.74, 6) is -4.99. The lowest BCUT2D eigenvalue weighted by atomic mass is 9.40. The first-order valence-electron chi connectivity index (χ1n) is 29.2. The fourth-order valence-corrected chi connectivity index (χ4v) is 11.7. The highest BCUT2D eigenvalue weighted by Crippen LogP contribution is 2.51. The molecule has 2 rings (SSSR count). The summed E-state index contributed by atoms with van der Waals surface area (Å²) in [5.41, 5.74) is -6.29. The van der Waals surface area contributed by atoms with Gasteiger partial charge in [0, 0.05) is 36.0 Å². The molecule has 0 spiro atoms. The third kappa shape index (κ3) is 25.2. The lowest BCUT2D eigenvalue weighted by molar-refractivity contribution is -0.272. The van der Waals surface area contributed by atoms with E-state index in [4.69, 9.17) is 37.9 Å². The summed E-state index contributed by atoms with van der Waals surface area (Å²) in [6.45, 7) is 16.5. The molecule has 1 aromatic rings. The van der Waals surface area contributed by atoms with Gasteiger partial charge < -0.3 is 73.6 Å². The average Bonchev–Trinajstić information content (AvgIpc) is 3.65. The number of carboxylic acid groups (broad SMARTS) is 1. The minimum absolute atomic E-state index is 0.0376. The van der Waals surface area contributed by atoms with Crippen LogP contribution in [0, 0.1) is 21.7 Å². The number of nitrogens with one attached hydrogen (secondary N) is 1. The Morgan fingerprint density at radius 2 is 1.31 bits per heavy atom. The molecule has 482 valence electrons. The van der Waals surface area contributed by atoms with Gasteiger partial charge in [0.2, 0.25) is 5.91 Å². The zero-order chi connectivity index (χ0) is 64.2. The molecule has 12 atom stereocenters. The maximum absolute atomic E-state index is 14.9. The molecular weight excluding hydrogens is 1140 g/mol. The van der Waals surface area contributed by atoms with Crippen LogP contribution in [0.4, 0.5) is 0 Å². The first-order chi connectivity index (χ1) is 39.8. The summed E-state index contributed by atoms with van der Waals surface area (Å²) in [4.78, 5) is 104. The van der Waals surface area contributed by atoms with E-state index in [-0.39, 0.29) is 91.0 Å². The number of rotatable bonds is 43. The number of unbranched alkanes of at least 4 members (excludes halogenated alkanes) is 1. The molecule has 0 aromatic carbocycles. The number of aliphatic carboxylic acids is 1. The molecule has 85 heavy (non-hydrogen) atoms. The van der Waals surface area contributed by atoms with Gasteiger partial charge in [-0.3, -0.25) is 33.6 Å². The Kier molecular flexibility index (Phi) is 33.6. The number of aliphatic hydroxyl groups excluding tert-OH is 4. The molecule has 0 bridgehead atoms. The van der Waals surface area contributed by atoms with E-state index >= 15 is 0 Å². The van der Waals surface area contributed by atoms with E-state index in [0.29, 0.717) is 31.6 Å². The van der Waals surface area contributed by atoms with E-state index in [1.165, 1.54) is 35.4 Å². The Labute approximate surface area is 512 Å². The van der Waals surface area contributed by atoms with Crippen LogP contribution in [0.2, 0.25) is 23.3 Å². The van der Waals surface area contributed by atoms with E-state index in [1.807, 2.05) is 30.9 Å². The summed E-state index contributed by atoms with van der Waals surface area (Å²) in [5, 5.41) is 51.6. The lowest BCUT2D eigenvalue weighted by Crippen LogP contribution is -2.64. The van der Waals surface area contributed by atoms with Crippen molar-refractivity contribution >= 4 is 77.9 Å². The first-order valence-corrected chi connectivity index (χ1v) is 31.6. The summed E-state index contributed by atoms with van der Waals surface area (Å²) in [6.07, 6.45) is -3.89. The van der Waals surface area contributed by atoms with Gasteiger partial charge in [-0.1, -0.05) is 77.0 Å². The molecular formula is C58H97B2N3O20S2. The molecule has 27 heteroatoms. The van der Waals surface area contributed by atoms with E-state index < -0.39 is 124 Å². The minimum atomic E-state index is -1.74. The fraction of sp³-hybridized carbons (Fsp3) is 0.793. The van der Waals surface area contributed by atoms with Gasteiger partial charge in [0.05, 0.1) is 60.8 Å². The average molecular weight is 1240 g/mol. The molecule has 1 aliphatic heterocycles. The summed E-state index contributed by atoms with van der Waals surface area (Å²) >= 11 is 0. The topological polar surface area (TPSA) is 323 Å². The Balaban J connectivity index is 2.58. The van der Waals surface area contributed by atoms with Crippen molar-refractivity contribution in [1.29, 1.82) is 0 Å². The van der Waals surface area contributed by atoms with Crippen molar-refractivity contribution in [2.75, 3.05) is 85.9 Å². The van der Waals surface area contributed by atoms with Gasteiger partial charge in [-0.15, -0.1) is 0 Å². The van der Waals surface area contributed by atoms with Crippen LogP contribution in [0.1, 0.15) is 128 Å². The Bertz CT molecular complexity index is 2250. The summed E-state index contributed by atoms with van der Waals surface area (Å²) in [7, 11) is 9.58. The predicted octanol–water partition coefficient (Wildman–Crippen LogP) is 5.35. The number of likely N-dealkylation sites (N-methyl/N-ethyl adjacent to an activating group) is 1. The van der Waals surface area contributed by atoms with Gasteiger partial charge in [-0.2, -0.15) is 0 Å². The largest absolute Gasteiger partial charge is 0.481 e. The molecule has 1 saturated heterocycles. The highest BCUT2D eigenvalue weighted by molar-refractivity contribution is 8.76. The number of nitrogens with zero attached hydrogens (tertiary/aromatic N) is 2. The minimum Gasteiger partial charge on any atom is -0.481 e. The zero-order valence-electron chi connectivity index (χ0n) is 52.3. The molecule has 0 saturated carbocycles. The SMILES string of the molecule is CCCCOC(=O)C(C)(CC(C)(CCC)C(=O)O)CC(C)(C[B]C(C)(CC(C)(C[B]C(C)(CC)C(=O)OCCOCCO[C@@H]1O[C@H](CO)[C@H](O)[C@H](O)[C@H]1NC(C)=O)C(=O)OCC(C)O)C(=O)OCCSSc1ccccn1)C(=O)OCCN(C)C. The summed E-state index contributed by atoms with van der Waals surface area (Å²) < 4.78 is 46.1. The van der Waals surface area contributed by atoms with Gasteiger partial charge in [-0.25, -0.2) is 4.98 Å². The third-order valence-corrected chi connectivity index (χ3v) is 17.4. The molecule has 1 fully saturated rings. The second kappa shape index (κ2) is 37.1. The van der Waals surface area contributed by atoms with Crippen LogP contribution < -0.4 is 5.32 Å². The molecule has 2 heterocycles. The molecule has 1 aromatic heterocycles. The Morgan fingerprint density at radius 3 is 1.88 bits per heavy atom. The number of ether oxygens (including phenoxy) is 8. The number of hydrogen-bond acceptors (Lipinski definition) is 23. The molecule has 1 amide bonds. The standard InChI is InChI=1S/C58H97B2N3O20S2/c1-14-17-24-78-48(71)54(7,34-53(6,21-15-2)47(69)70)35-55(8,49(72)79-25-23-63(12)13)37-60-58(11,52(75)81-30-31-84-85-42-20-18-19-22-61-42)36-56(9,50(73)82-33-39(4)65)38-59-57(10,16-3)51(74)80-29-27-76-26-28-77-46-43(62-40(5)66)45(68)44(67)41(32-64)83-46/h18-20,22,39,41,43-46,64-65,67-68H,14-17,21,23-38H2,1-13H3,(H,62,66)(H,69,70)/t39?,41-,43-,44+,45-,46-,53?,54?,55?,56?,57?,58?/m1/s1. The van der Waals surface area contributed by atoms with Crippen molar-refractivity contribution in [2.45, 2.75) is 193 Å². The molecule has 2 radical (unpaired) electrons. The van der Waals surface area contributed by atoms with Crippen molar-refractivity contribution < 1.29 is 97.0 Å². The maximum atomic E-state index is 14.9. The first kappa shape index (κ1) is 77.0. The molecule has 7 unspecified atom stereocenters. The number of amides is 1. The fourth-order valence-electron chi connectivity index (χ4n) is 10.00. The second-order valence-corrected chi connectivity index (χ2v) is 26.4. The molecule has 0 aliphatic carbocycles. The van der Waals surface area contributed by atoms with Crippen molar-refractivity contribution in [3.05, 3.63) is 24.4 Å². The van der Waals surface area contributed by atoms with Crippen LogP contribution >= 0.6 is 21.6 Å². The van der Waals surface area contributed by atoms with Gasteiger partial charge in [0.25, 0.3) is 0 Å². The highest BCUT2D eigenvalue weighted by atomic mass is 33.1. The number of aromatic nitrogens is 1. The number of carboxylic acids is 1. The third-order valence-electron chi connectivity index (χ3n) is 15.1. The van der Waals surface area contributed by atoms with Gasteiger partial charge in [-0.05, 0) is 110 Å². The lowest BCUT2D eigenvalue weighted by Gasteiger charge is -2.42. The monoisotopic (exact) mass is 1240 g/mol. The van der Waals surface area contributed by atoms with Crippen molar-refractivity contribution in [3.8, 4) is 0 Å². The van der Waals surface area contributed by atoms with Crippen LogP contribution in [-0.4, -0.2) is 214 Å². The van der Waals surface area contributed by atoms with Crippen LogP contribution in [0.25, 0.3) is 0 Å². The number of hydrogen-bond donors (Lipinski definition) is 6. The zero-order valence-corrected chi connectivity index (χ0v) is 54.0. The Hall–Kier alpha value is -4.05. The normalized spacial score (nSPS) is 21.6. The number of pyridine rings is 1. The maximum Gasteiger partial charge on any atom is 0.311 e. The van der Waals surface area contributed by atoms with E-state index in [2.05, 4.69) is 10.3 Å². The van der Waals surface area contributed by atoms with Crippen LogP contribution in [0.15, 0.2) is 29.4 Å². The molecule has 1 aliphatic rings. The van der Waals surface area contributed by atoms with Crippen molar-refractivity contribution in [1.82, 2.24) is 15.2 Å². The van der Waals surface area contributed by atoms with E-state index in [0.717, 1.165) is 5.03 Å². The smallest absolute Gasteiger partial charge is 0.311 e. The van der Waals surface area contributed by atoms with E-state index in [9.17, 15) is 59.1 Å². The van der Waals surface area contributed by atoms with Crippen LogP contribution in [0.5, 0.6) is 0 Å². The number of carbonyl (C=O) groups is 7. The number of aliphatic hydroxyl groups is 4.